The first-order chi connectivity index (χ1) is 16.8. The van der Waals surface area contributed by atoms with E-state index < -0.39 is 0 Å². The van der Waals surface area contributed by atoms with Crippen LogP contribution in [0.15, 0.2) is 121 Å². The van der Waals surface area contributed by atoms with Crippen molar-refractivity contribution in [3.05, 3.63) is 121 Å². The van der Waals surface area contributed by atoms with Crippen LogP contribution in [0.4, 0.5) is 0 Å². The van der Waals surface area contributed by atoms with Crippen molar-refractivity contribution in [2.75, 3.05) is 0 Å². The summed E-state index contributed by atoms with van der Waals surface area (Å²) < 4.78 is 0. The first kappa shape index (κ1) is 20.4. The van der Waals surface area contributed by atoms with Gasteiger partial charge in [0.25, 0.3) is 0 Å². The fourth-order valence-electron chi connectivity index (χ4n) is 5.20. The summed E-state index contributed by atoms with van der Waals surface area (Å²) in [7, 11) is 0. The van der Waals surface area contributed by atoms with Crippen LogP contribution in [0, 0.1) is 0 Å². The third kappa shape index (κ3) is 3.23. The van der Waals surface area contributed by atoms with E-state index in [0.29, 0.717) is 0 Å². The second kappa shape index (κ2) is 8.32. The van der Waals surface area contributed by atoms with Gasteiger partial charge in [-0.25, -0.2) is 0 Å². The molecule has 7 aromatic rings. The number of rotatable bonds is 1. The number of benzene rings is 7. The molecule has 0 radical (unpaired) electrons. The fourth-order valence-corrected chi connectivity index (χ4v) is 5.20. The zero-order valence-corrected chi connectivity index (χ0v) is 19.5. The molecule has 0 aromatic heterocycles. The molecule has 0 heterocycles. The van der Waals surface area contributed by atoms with Gasteiger partial charge in [-0.1, -0.05) is 111 Å². The van der Waals surface area contributed by atoms with Gasteiger partial charge in [0.05, 0.1) is 0 Å². The van der Waals surface area contributed by atoms with Crippen molar-refractivity contribution in [1.29, 1.82) is 0 Å². The average Bonchev–Trinajstić information content (AvgIpc) is 2.92. The highest BCUT2D eigenvalue weighted by Crippen LogP contribution is 2.37. The Morgan fingerprint density at radius 1 is 0.324 bits per heavy atom. The van der Waals surface area contributed by atoms with Crippen molar-refractivity contribution in [3.63, 3.8) is 0 Å². The van der Waals surface area contributed by atoms with Crippen LogP contribution in [-0.4, -0.2) is 0 Å². The summed E-state index contributed by atoms with van der Waals surface area (Å²) in [5.74, 6) is 0. The van der Waals surface area contributed by atoms with Gasteiger partial charge < -0.3 is 0 Å². The van der Waals surface area contributed by atoms with Crippen LogP contribution in [0.3, 0.4) is 0 Å². The molecule has 0 amide bonds. The third-order valence-electron chi connectivity index (χ3n) is 6.78. The third-order valence-corrected chi connectivity index (χ3v) is 6.78. The summed E-state index contributed by atoms with van der Waals surface area (Å²) in [5, 5.41) is 13.0. The molecule has 7 rings (SSSR count). The lowest BCUT2D eigenvalue weighted by Crippen LogP contribution is -1.86. The first-order valence-electron chi connectivity index (χ1n) is 12.1. The van der Waals surface area contributed by atoms with E-state index in [4.69, 9.17) is 0 Å². The number of hydrogen-bond donors (Lipinski definition) is 0. The van der Waals surface area contributed by atoms with Crippen LogP contribution in [0.1, 0.15) is 13.8 Å². The minimum atomic E-state index is 1.26. The maximum Gasteiger partial charge on any atom is -0.00988 e. The lowest BCUT2D eigenvalue weighted by Gasteiger charge is -2.13. The van der Waals surface area contributed by atoms with Crippen LogP contribution in [-0.2, 0) is 0 Å². The summed E-state index contributed by atoms with van der Waals surface area (Å²) in [6.07, 6.45) is 0. The van der Waals surface area contributed by atoms with Crippen molar-refractivity contribution >= 4 is 53.9 Å². The minimum Gasteiger partial charge on any atom is -0.0683 e. The maximum atomic E-state index is 2.38. The molecular formula is C34H26. The van der Waals surface area contributed by atoms with E-state index in [2.05, 4.69) is 121 Å². The van der Waals surface area contributed by atoms with Crippen molar-refractivity contribution in [1.82, 2.24) is 0 Å². The molecule has 0 N–H and O–H groups in total. The van der Waals surface area contributed by atoms with E-state index in [-0.39, 0.29) is 0 Å². The van der Waals surface area contributed by atoms with Gasteiger partial charge in [0, 0.05) is 0 Å². The summed E-state index contributed by atoms with van der Waals surface area (Å²) in [6.45, 7) is 4.00. The molecule has 0 fully saturated rings. The van der Waals surface area contributed by atoms with E-state index in [9.17, 15) is 0 Å². The van der Waals surface area contributed by atoms with Gasteiger partial charge in [-0.05, 0) is 89.3 Å². The monoisotopic (exact) mass is 434 g/mol. The standard InChI is InChI=1S/C32H20.C2H6/c1-2-8-23-18-32-25(17-22(23)7-1)15-13-21-14-16-26(20-30(21)32)31-19-24-9-3-4-10-27(24)28-11-5-6-12-29(28)31;1-2/h1-20H;1-2H3. The summed E-state index contributed by atoms with van der Waals surface area (Å²) in [4.78, 5) is 0. The van der Waals surface area contributed by atoms with E-state index in [1.54, 1.807) is 0 Å². The van der Waals surface area contributed by atoms with Crippen LogP contribution in [0.2, 0.25) is 0 Å². The zero-order chi connectivity index (χ0) is 23.1. The Kier molecular flexibility index (Phi) is 5.00. The Morgan fingerprint density at radius 3 is 1.65 bits per heavy atom. The van der Waals surface area contributed by atoms with Gasteiger partial charge in [-0.15, -0.1) is 0 Å². The quantitative estimate of drug-likeness (QED) is 0.178. The molecule has 0 bridgehead atoms. The average molecular weight is 435 g/mol. The predicted octanol–water partition coefficient (Wildman–Crippen LogP) is 10.1. The van der Waals surface area contributed by atoms with E-state index >= 15 is 0 Å². The lowest BCUT2D eigenvalue weighted by molar-refractivity contribution is 1.50. The topological polar surface area (TPSA) is 0 Å². The zero-order valence-electron chi connectivity index (χ0n) is 19.5. The first-order valence-corrected chi connectivity index (χ1v) is 12.1. The second-order valence-electron chi connectivity index (χ2n) is 8.61. The molecule has 0 heteroatoms. The Hall–Kier alpha value is -4.16. The molecule has 0 nitrogen and oxygen atoms in total. The number of hydrogen-bond acceptors (Lipinski definition) is 0. The fraction of sp³-hybridized carbons (Fsp3) is 0.0588. The number of fused-ring (bicyclic) bond motifs is 7. The van der Waals surface area contributed by atoms with Crippen molar-refractivity contribution in [2.24, 2.45) is 0 Å². The Balaban J connectivity index is 0.00000106. The molecule has 0 atom stereocenters. The SMILES string of the molecule is CC.c1ccc2cc3c(ccc4ccc(-c5cc6ccccc6c6ccccc56)cc43)cc2c1. The molecule has 0 spiro atoms. The highest BCUT2D eigenvalue weighted by atomic mass is 14.1. The molecule has 0 saturated carbocycles. The minimum absolute atomic E-state index is 1.26. The van der Waals surface area contributed by atoms with Crippen LogP contribution in [0.5, 0.6) is 0 Å². The molecule has 162 valence electrons. The van der Waals surface area contributed by atoms with Crippen LogP contribution >= 0.6 is 0 Å². The molecule has 0 aliphatic carbocycles. The van der Waals surface area contributed by atoms with E-state index in [1.165, 1.54) is 65.0 Å². The molecule has 34 heavy (non-hydrogen) atoms. The van der Waals surface area contributed by atoms with Crippen LogP contribution < -0.4 is 0 Å². The largest absolute Gasteiger partial charge is 0.0683 e. The van der Waals surface area contributed by atoms with Crippen molar-refractivity contribution in [3.8, 4) is 11.1 Å². The maximum absolute atomic E-state index is 2.38. The Bertz CT molecular complexity index is 1820. The van der Waals surface area contributed by atoms with Gasteiger partial charge >= 0.3 is 0 Å². The predicted molar refractivity (Wildman–Crippen MR) is 151 cm³/mol. The Labute approximate surface area is 200 Å². The smallest absolute Gasteiger partial charge is 0.00988 e. The van der Waals surface area contributed by atoms with Gasteiger partial charge in [-0.3, -0.25) is 0 Å². The van der Waals surface area contributed by atoms with Crippen molar-refractivity contribution in [2.45, 2.75) is 13.8 Å². The van der Waals surface area contributed by atoms with Gasteiger partial charge in [-0.2, -0.15) is 0 Å². The van der Waals surface area contributed by atoms with Gasteiger partial charge in [0.1, 0.15) is 0 Å². The van der Waals surface area contributed by atoms with E-state index in [0.717, 1.165) is 0 Å². The highest BCUT2D eigenvalue weighted by molar-refractivity contribution is 6.16. The molecule has 0 aliphatic rings. The molecule has 0 saturated heterocycles. The van der Waals surface area contributed by atoms with Crippen molar-refractivity contribution < 1.29 is 0 Å². The van der Waals surface area contributed by atoms with Gasteiger partial charge in [0.2, 0.25) is 0 Å². The highest BCUT2D eigenvalue weighted by Gasteiger charge is 2.10. The molecule has 0 unspecified atom stereocenters. The Morgan fingerprint density at radius 2 is 0.853 bits per heavy atom. The second-order valence-corrected chi connectivity index (χ2v) is 8.61. The van der Waals surface area contributed by atoms with Crippen LogP contribution in [0.25, 0.3) is 65.0 Å². The summed E-state index contributed by atoms with van der Waals surface area (Å²) >= 11 is 0. The molecule has 7 aromatic carbocycles. The molecule has 0 aliphatic heterocycles. The van der Waals surface area contributed by atoms with Gasteiger partial charge in [0.15, 0.2) is 0 Å². The normalized spacial score (nSPS) is 11.2. The summed E-state index contributed by atoms with van der Waals surface area (Å²) in [5.41, 5.74) is 2.55. The lowest BCUT2D eigenvalue weighted by atomic mass is 9.91. The summed E-state index contributed by atoms with van der Waals surface area (Å²) in [6, 6.07) is 44.5. The van der Waals surface area contributed by atoms with E-state index in [1.807, 2.05) is 13.8 Å². The molecular weight excluding hydrogens is 408 g/mol.